The van der Waals surface area contributed by atoms with Gasteiger partial charge in [-0.05, 0) is 43.9 Å². The van der Waals surface area contributed by atoms with Gasteiger partial charge < -0.3 is 16.0 Å². The summed E-state index contributed by atoms with van der Waals surface area (Å²) in [7, 11) is 0. The third-order valence-electron chi connectivity index (χ3n) is 3.38. The second-order valence-corrected chi connectivity index (χ2v) is 4.53. The molecule has 0 radical (unpaired) electrons. The average molecular weight is 228 g/mol. The zero-order chi connectivity index (χ0) is 11.8. The smallest absolute Gasteiger partial charge is 0.0997 e. The first kappa shape index (κ1) is 10.2. The highest BCUT2D eigenvalue weighted by Gasteiger charge is 2.16. The van der Waals surface area contributed by atoms with E-state index in [1.54, 1.807) is 0 Å². The van der Waals surface area contributed by atoms with E-state index in [0.29, 0.717) is 11.4 Å². The van der Waals surface area contributed by atoms with E-state index >= 15 is 0 Å². The first-order chi connectivity index (χ1) is 8.25. The molecule has 0 aliphatic heterocycles. The molecule has 0 saturated heterocycles. The van der Waals surface area contributed by atoms with Crippen LogP contribution >= 0.6 is 0 Å². The fourth-order valence-electron chi connectivity index (χ4n) is 2.40. The van der Waals surface area contributed by atoms with Gasteiger partial charge in [0.1, 0.15) is 0 Å². The molecule has 0 unspecified atom stereocenters. The Bertz CT molecular complexity index is 557. The van der Waals surface area contributed by atoms with Crippen LogP contribution in [-0.4, -0.2) is 9.55 Å². The maximum Gasteiger partial charge on any atom is 0.0997 e. The molecule has 1 aromatic heterocycles. The molecule has 3 rings (SSSR count). The number of aromatic nitrogens is 2. The third-order valence-corrected chi connectivity index (χ3v) is 3.38. The largest absolute Gasteiger partial charge is 0.397 e. The van der Waals surface area contributed by atoms with Crippen LogP contribution < -0.4 is 11.5 Å². The van der Waals surface area contributed by atoms with Crippen molar-refractivity contribution in [2.45, 2.75) is 25.7 Å². The lowest BCUT2D eigenvalue weighted by Crippen LogP contribution is -2.07. The van der Waals surface area contributed by atoms with Crippen molar-refractivity contribution in [3.05, 3.63) is 35.9 Å². The van der Waals surface area contributed by atoms with E-state index in [-0.39, 0.29) is 0 Å². The maximum atomic E-state index is 5.84. The van der Waals surface area contributed by atoms with Gasteiger partial charge in [0.05, 0.1) is 23.4 Å². The number of hydrogen-bond donors (Lipinski definition) is 2. The van der Waals surface area contributed by atoms with Gasteiger partial charge in [0.2, 0.25) is 0 Å². The molecule has 0 bridgehead atoms. The number of aryl methyl sites for hydroxylation is 1. The molecule has 0 fully saturated rings. The Morgan fingerprint density at radius 1 is 1.06 bits per heavy atom. The second kappa shape index (κ2) is 3.80. The van der Waals surface area contributed by atoms with Crippen LogP contribution in [0.25, 0.3) is 5.69 Å². The summed E-state index contributed by atoms with van der Waals surface area (Å²) in [6.07, 6.45) is 6.56. The first-order valence-corrected chi connectivity index (χ1v) is 5.96. The van der Waals surface area contributed by atoms with E-state index in [1.807, 2.05) is 24.5 Å². The van der Waals surface area contributed by atoms with Crippen LogP contribution in [0.2, 0.25) is 0 Å². The molecule has 0 spiro atoms. The number of benzene rings is 1. The predicted molar refractivity (Wildman–Crippen MR) is 69.0 cm³/mol. The van der Waals surface area contributed by atoms with E-state index in [1.165, 1.54) is 24.2 Å². The van der Waals surface area contributed by atoms with Crippen molar-refractivity contribution in [3.8, 4) is 5.69 Å². The number of imidazole rings is 1. The van der Waals surface area contributed by atoms with Crippen molar-refractivity contribution in [2.75, 3.05) is 11.5 Å². The molecule has 88 valence electrons. The summed E-state index contributed by atoms with van der Waals surface area (Å²) in [5, 5.41) is 0. The van der Waals surface area contributed by atoms with Crippen LogP contribution in [-0.2, 0) is 12.8 Å². The number of nitrogens with zero attached hydrogens (tertiary/aromatic N) is 2. The van der Waals surface area contributed by atoms with Crippen molar-refractivity contribution in [1.29, 1.82) is 0 Å². The molecule has 4 heteroatoms. The second-order valence-electron chi connectivity index (χ2n) is 4.53. The van der Waals surface area contributed by atoms with Gasteiger partial charge in [-0.1, -0.05) is 0 Å². The van der Waals surface area contributed by atoms with Gasteiger partial charge in [-0.2, -0.15) is 0 Å². The summed E-state index contributed by atoms with van der Waals surface area (Å²) in [5.41, 5.74) is 16.4. The summed E-state index contributed by atoms with van der Waals surface area (Å²) < 4.78 is 2.13. The van der Waals surface area contributed by atoms with E-state index in [4.69, 9.17) is 11.5 Å². The first-order valence-electron chi connectivity index (χ1n) is 5.96. The fraction of sp³-hybridized carbons (Fsp3) is 0.308. The number of nitrogens with two attached hydrogens (primary N) is 2. The van der Waals surface area contributed by atoms with Gasteiger partial charge >= 0.3 is 0 Å². The highest BCUT2D eigenvalue weighted by molar-refractivity contribution is 5.66. The number of nitrogen functional groups attached to an aromatic ring is 2. The van der Waals surface area contributed by atoms with Crippen molar-refractivity contribution in [3.63, 3.8) is 0 Å². The van der Waals surface area contributed by atoms with E-state index in [2.05, 4.69) is 9.55 Å². The van der Waals surface area contributed by atoms with Crippen molar-refractivity contribution in [2.24, 2.45) is 0 Å². The maximum absolute atomic E-state index is 5.84. The van der Waals surface area contributed by atoms with Crippen LogP contribution in [0.15, 0.2) is 24.5 Å². The summed E-state index contributed by atoms with van der Waals surface area (Å²) in [6.45, 7) is 0. The lowest BCUT2D eigenvalue weighted by molar-refractivity contribution is 0.656. The molecule has 4 N–H and O–H groups in total. The van der Waals surface area contributed by atoms with Gasteiger partial charge in [0.25, 0.3) is 0 Å². The molecule has 4 nitrogen and oxygen atoms in total. The molecule has 2 aromatic rings. The van der Waals surface area contributed by atoms with Crippen LogP contribution in [0.4, 0.5) is 11.4 Å². The molecular weight excluding hydrogens is 212 g/mol. The number of rotatable bonds is 1. The molecule has 1 aliphatic rings. The van der Waals surface area contributed by atoms with E-state index < -0.39 is 0 Å². The van der Waals surface area contributed by atoms with Crippen LogP contribution in [0.5, 0.6) is 0 Å². The van der Waals surface area contributed by atoms with Gasteiger partial charge in [-0.15, -0.1) is 0 Å². The molecule has 17 heavy (non-hydrogen) atoms. The quantitative estimate of drug-likeness (QED) is 0.732. The number of fused-ring (bicyclic) bond motifs is 1. The molecule has 0 atom stereocenters. The SMILES string of the molecule is Nc1ccc(-n2cnc3c2CCCC3)cc1N. The fourth-order valence-corrected chi connectivity index (χ4v) is 2.40. The lowest BCUT2D eigenvalue weighted by Gasteiger charge is -2.14. The Morgan fingerprint density at radius 2 is 1.88 bits per heavy atom. The summed E-state index contributed by atoms with van der Waals surface area (Å²) in [5.74, 6) is 0. The third kappa shape index (κ3) is 1.65. The molecule has 1 aromatic carbocycles. The Morgan fingerprint density at radius 3 is 2.71 bits per heavy atom. The zero-order valence-electron chi connectivity index (χ0n) is 9.69. The lowest BCUT2D eigenvalue weighted by atomic mass is 10.0. The standard InChI is InChI=1S/C13H16N4/c14-10-6-5-9(7-11(10)15)17-8-16-12-3-1-2-4-13(12)17/h5-8H,1-4,14-15H2. The molecule has 0 amide bonds. The minimum atomic E-state index is 0.626. The molecule has 1 aliphatic carbocycles. The Balaban J connectivity index is 2.09. The zero-order valence-corrected chi connectivity index (χ0v) is 9.69. The normalized spacial score (nSPS) is 14.6. The van der Waals surface area contributed by atoms with Gasteiger partial charge in [0.15, 0.2) is 0 Å². The van der Waals surface area contributed by atoms with Gasteiger partial charge in [-0.3, -0.25) is 0 Å². The molecule has 0 saturated carbocycles. The topological polar surface area (TPSA) is 69.9 Å². The minimum Gasteiger partial charge on any atom is -0.397 e. The highest BCUT2D eigenvalue weighted by atomic mass is 15.1. The molecule has 1 heterocycles. The predicted octanol–water partition coefficient (Wildman–Crippen LogP) is 1.92. The van der Waals surface area contributed by atoms with Crippen LogP contribution in [0.3, 0.4) is 0 Å². The van der Waals surface area contributed by atoms with Gasteiger partial charge in [-0.25, -0.2) is 4.98 Å². The van der Waals surface area contributed by atoms with Crippen molar-refractivity contribution in [1.82, 2.24) is 9.55 Å². The number of anilines is 2. The molecular formula is C13H16N4. The summed E-state index contributed by atoms with van der Waals surface area (Å²) in [6, 6.07) is 5.74. The Labute approximate surface area is 100 Å². The number of hydrogen-bond acceptors (Lipinski definition) is 3. The summed E-state index contributed by atoms with van der Waals surface area (Å²) >= 11 is 0. The van der Waals surface area contributed by atoms with Gasteiger partial charge in [0, 0.05) is 11.4 Å². The van der Waals surface area contributed by atoms with Crippen molar-refractivity contribution >= 4 is 11.4 Å². The van der Waals surface area contributed by atoms with Crippen LogP contribution in [0, 0.1) is 0 Å². The highest BCUT2D eigenvalue weighted by Crippen LogP contribution is 2.25. The monoisotopic (exact) mass is 228 g/mol. The minimum absolute atomic E-state index is 0.626. The van der Waals surface area contributed by atoms with Crippen LogP contribution in [0.1, 0.15) is 24.2 Å². The van der Waals surface area contributed by atoms with E-state index in [9.17, 15) is 0 Å². The van der Waals surface area contributed by atoms with Crippen molar-refractivity contribution < 1.29 is 0 Å². The van der Waals surface area contributed by atoms with E-state index in [0.717, 1.165) is 18.5 Å². The average Bonchev–Trinajstić information content (AvgIpc) is 2.76. The summed E-state index contributed by atoms with van der Waals surface area (Å²) in [4.78, 5) is 4.48. The Kier molecular flexibility index (Phi) is 2.28. The Hall–Kier alpha value is -1.97.